The fraction of sp³-hybridized carbons (Fsp3) is 0.538. The van der Waals surface area contributed by atoms with E-state index in [0.29, 0.717) is 15.8 Å². The van der Waals surface area contributed by atoms with E-state index in [2.05, 4.69) is 21.2 Å². The predicted octanol–water partition coefficient (Wildman–Crippen LogP) is 3.28. The number of halogens is 2. The molecule has 1 aromatic rings. The van der Waals surface area contributed by atoms with Gasteiger partial charge in [0.1, 0.15) is 5.82 Å². The Balaban J connectivity index is 2.24. The minimum Gasteiger partial charge on any atom is -0.397 e. The third-order valence-corrected chi connectivity index (χ3v) is 4.21. The van der Waals surface area contributed by atoms with Crippen molar-refractivity contribution in [3.05, 3.63) is 22.4 Å². The molecule has 1 aliphatic carbocycles. The molecule has 0 aromatic heterocycles. The van der Waals surface area contributed by atoms with Gasteiger partial charge < -0.3 is 16.2 Å². The summed E-state index contributed by atoms with van der Waals surface area (Å²) in [5.41, 5.74) is 6.55. The normalized spacial score (nSPS) is 18.6. The second-order valence-electron chi connectivity index (χ2n) is 4.98. The first-order chi connectivity index (χ1) is 8.56. The minimum absolute atomic E-state index is 0.0709. The summed E-state index contributed by atoms with van der Waals surface area (Å²) in [7, 11) is 0. The number of benzene rings is 1. The molecule has 4 N–H and O–H groups in total. The lowest BCUT2D eigenvalue weighted by molar-refractivity contribution is 0.173. The van der Waals surface area contributed by atoms with E-state index in [-0.39, 0.29) is 18.0 Å². The summed E-state index contributed by atoms with van der Waals surface area (Å²) in [6.07, 6.45) is 5.22. The summed E-state index contributed by atoms with van der Waals surface area (Å²) in [6.45, 7) is 0.0709. The molecule has 0 heterocycles. The Hall–Kier alpha value is -0.810. The van der Waals surface area contributed by atoms with Gasteiger partial charge in [-0.1, -0.05) is 19.3 Å². The zero-order valence-corrected chi connectivity index (χ0v) is 11.8. The standard InChI is InChI=1S/C13H18BrFN2O/c14-9-6-12(11(16)7-10(9)15)17-13(8-18)4-2-1-3-5-13/h6-7,17-18H,1-5,8,16H2. The number of aliphatic hydroxyl groups excluding tert-OH is 1. The maximum absolute atomic E-state index is 13.3. The van der Waals surface area contributed by atoms with Crippen LogP contribution in [-0.4, -0.2) is 17.3 Å². The highest BCUT2D eigenvalue weighted by atomic mass is 79.9. The summed E-state index contributed by atoms with van der Waals surface area (Å²) >= 11 is 3.15. The van der Waals surface area contributed by atoms with E-state index >= 15 is 0 Å². The molecule has 0 saturated heterocycles. The van der Waals surface area contributed by atoms with Crippen molar-refractivity contribution in [3.63, 3.8) is 0 Å². The molecule has 1 saturated carbocycles. The van der Waals surface area contributed by atoms with E-state index in [1.807, 2.05) is 0 Å². The van der Waals surface area contributed by atoms with Gasteiger partial charge in [-0.15, -0.1) is 0 Å². The van der Waals surface area contributed by atoms with E-state index in [4.69, 9.17) is 5.73 Å². The molecule has 0 atom stereocenters. The lowest BCUT2D eigenvalue weighted by atomic mass is 9.82. The Labute approximate surface area is 115 Å². The monoisotopic (exact) mass is 316 g/mol. The second-order valence-corrected chi connectivity index (χ2v) is 5.83. The van der Waals surface area contributed by atoms with E-state index in [0.717, 1.165) is 25.7 Å². The molecular formula is C13H18BrFN2O. The molecule has 5 heteroatoms. The van der Waals surface area contributed by atoms with Gasteiger partial charge in [-0.2, -0.15) is 0 Å². The third-order valence-electron chi connectivity index (χ3n) is 3.61. The first-order valence-corrected chi connectivity index (χ1v) is 6.99. The van der Waals surface area contributed by atoms with Gasteiger partial charge in [0.2, 0.25) is 0 Å². The van der Waals surface area contributed by atoms with Gasteiger partial charge in [0, 0.05) is 6.07 Å². The highest BCUT2D eigenvalue weighted by Crippen LogP contribution is 2.35. The van der Waals surface area contributed by atoms with Gasteiger partial charge in [0.25, 0.3) is 0 Å². The van der Waals surface area contributed by atoms with Gasteiger partial charge in [-0.3, -0.25) is 0 Å². The minimum atomic E-state index is -0.375. The molecule has 2 rings (SSSR count). The summed E-state index contributed by atoms with van der Waals surface area (Å²) in [4.78, 5) is 0. The van der Waals surface area contributed by atoms with Crippen LogP contribution in [0.2, 0.25) is 0 Å². The molecule has 1 aliphatic rings. The Bertz CT molecular complexity index is 433. The largest absolute Gasteiger partial charge is 0.397 e. The fourth-order valence-corrected chi connectivity index (χ4v) is 2.85. The number of nitrogens with two attached hydrogens (primary N) is 1. The molecule has 0 spiro atoms. The number of rotatable bonds is 3. The van der Waals surface area contributed by atoms with Crippen molar-refractivity contribution in [1.82, 2.24) is 0 Å². The van der Waals surface area contributed by atoms with Crippen molar-refractivity contribution in [2.45, 2.75) is 37.6 Å². The second kappa shape index (κ2) is 5.45. The quantitative estimate of drug-likeness (QED) is 0.750. The topological polar surface area (TPSA) is 58.3 Å². The van der Waals surface area contributed by atoms with Crippen LogP contribution in [0.4, 0.5) is 15.8 Å². The van der Waals surface area contributed by atoms with Crippen molar-refractivity contribution in [1.29, 1.82) is 0 Å². The zero-order chi connectivity index (χ0) is 13.2. The van der Waals surface area contributed by atoms with Crippen molar-refractivity contribution in [2.75, 3.05) is 17.7 Å². The van der Waals surface area contributed by atoms with Crippen LogP contribution < -0.4 is 11.1 Å². The molecule has 0 bridgehead atoms. The van der Waals surface area contributed by atoms with Crippen molar-refractivity contribution >= 4 is 27.3 Å². The lowest BCUT2D eigenvalue weighted by Crippen LogP contribution is -2.44. The van der Waals surface area contributed by atoms with Gasteiger partial charge in [-0.25, -0.2) is 4.39 Å². The first kappa shape index (κ1) is 13.6. The Morgan fingerprint density at radius 1 is 1.33 bits per heavy atom. The summed E-state index contributed by atoms with van der Waals surface area (Å²) in [6, 6.07) is 2.93. The number of nitrogens with one attached hydrogen (secondary N) is 1. The van der Waals surface area contributed by atoms with E-state index in [1.165, 1.54) is 12.5 Å². The molecule has 18 heavy (non-hydrogen) atoms. The van der Waals surface area contributed by atoms with Crippen molar-refractivity contribution in [2.24, 2.45) is 0 Å². The number of aliphatic hydroxyl groups is 1. The Kier molecular flexibility index (Phi) is 4.12. The van der Waals surface area contributed by atoms with Crippen LogP contribution in [0.5, 0.6) is 0 Å². The highest BCUT2D eigenvalue weighted by molar-refractivity contribution is 9.10. The van der Waals surface area contributed by atoms with Gasteiger partial charge in [0.05, 0.1) is 28.0 Å². The molecule has 0 radical (unpaired) electrons. The van der Waals surface area contributed by atoms with E-state index in [9.17, 15) is 9.50 Å². The van der Waals surface area contributed by atoms with Crippen LogP contribution in [-0.2, 0) is 0 Å². The van der Waals surface area contributed by atoms with Crippen LogP contribution in [0.15, 0.2) is 16.6 Å². The first-order valence-electron chi connectivity index (χ1n) is 6.20. The van der Waals surface area contributed by atoms with Crippen LogP contribution in [0.1, 0.15) is 32.1 Å². The van der Waals surface area contributed by atoms with Crippen LogP contribution in [0.3, 0.4) is 0 Å². The molecule has 1 aromatic carbocycles. The third kappa shape index (κ3) is 2.78. The smallest absolute Gasteiger partial charge is 0.139 e. The SMILES string of the molecule is Nc1cc(F)c(Br)cc1NC1(CO)CCCCC1. The van der Waals surface area contributed by atoms with Crippen molar-refractivity contribution in [3.8, 4) is 0 Å². The molecule has 1 fully saturated rings. The number of anilines is 2. The maximum atomic E-state index is 13.3. The van der Waals surface area contributed by atoms with Gasteiger partial charge in [0.15, 0.2) is 0 Å². The van der Waals surface area contributed by atoms with Crippen LogP contribution in [0.25, 0.3) is 0 Å². The van der Waals surface area contributed by atoms with Crippen LogP contribution >= 0.6 is 15.9 Å². The summed E-state index contributed by atoms with van der Waals surface area (Å²) in [5, 5.41) is 12.9. The lowest BCUT2D eigenvalue weighted by Gasteiger charge is -2.37. The summed E-state index contributed by atoms with van der Waals surface area (Å²) in [5.74, 6) is -0.375. The summed E-state index contributed by atoms with van der Waals surface area (Å²) < 4.78 is 13.7. The molecule has 100 valence electrons. The van der Waals surface area contributed by atoms with E-state index in [1.54, 1.807) is 6.07 Å². The maximum Gasteiger partial charge on any atom is 0.139 e. The van der Waals surface area contributed by atoms with Gasteiger partial charge in [-0.05, 0) is 34.8 Å². The Morgan fingerprint density at radius 3 is 2.61 bits per heavy atom. The number of nitrogen functional groups attached to an aromatic ring is 1. The van der Waals surface area contributed by atoms with Crippen molar-refractivity contribution < 1.29 is 9.50 Å². The fourth-order valence-electron chi connectivity index (χ4n) is 2.51. The van der Waals surface area contributed by atoms with E-state index < -0.39 is 0 Å². The molecule has 3 nitrogen and oxygen atoms in total. The molecule has 0 amide bonds. The van der Waals surface area contributed by atoms with Crippen LogP contribution in [0, 0.1) is 5.82 Å². The molecule has 0 unspecified atom stereocenters. The average Bonchev–Trinajstić information content (AvgIpc) is 2.37. The Morgan fingerprint density at radius 2 is 2.00 bits per heavy atom. The predicted molar refractivity (Wildman–Crippen MR) is 75.0 cm³/mol. The number of hydrogen-bond donors (Lipinski definition) is 3. The average molecular weight is 317 g/mol. The zero-order valence-electron chi connectivity index (χ0n) is 10.2. The molecule has 0 aliphatic heterocycles. The highest BCUT2D eigenvalue weighted by Gasteiger charge is 2.31. The van der Waals surface area contributed by atoms with Gasteiger partial charge >= 0.3 is 0 Å². The number of hydrogen-bond acceptors (Lipinski definition) is 3. The molecular weight excluding hydrogens is 299 g/mol.